The molecule has 1 unspecified atom stereocenters. The zero-order valence-electron chi connectivity index (χ0n) is 26.6. The molecular weight excluding hydrogens is 891 g/mol. The van der Waals surface area contributed by atoms with E-state index in [1.54, 1.807) is 30.3 Å². The molecule has 3 heterocycles. The van der Waals surface area contributed by atoms with Crippen molar-refractivity contribution in [1.82, 2.24) is 10.3 Å². The van der Waals surface area contributed by atoms with Crippen molar-refractivity contribution in [2.45, 2.75) is 25.3 Å². The summed E-state index contributed by atoms with van der Waals surface area (Å²) in [5.74, 6) is 1.05. The summed E-state index contributed by atoms with van der Waals surface area (Å²) in [6, 6.07) is 13.4. The predicted octanol–water partition coefficient (Wildman–Crippen LogP) is 7.36. The molecule has 2 aliphatic heterocycles. The molecule has 1 aromatic heterocycles. The van der Waals surface area contributed by atoms with E-state index in [-0.39, 0.29) is 30.6 Å². The summed E-state index contributed by atoms with van der Waals surface area (Å²) >= 11 is 10.4. The van der Waals surface area contributed by atoms with Crippen LogP contribution in [0, 0.1) is 3.57 Å². The first-order valence-electron chi connectivity index (χ1n) is 15.4. The van der Waals surface area contributed by atoms with Crippen molar-refractivity contribution >= 4 is 100 Å². The van der Waals surface area contributed by atoms with Crippen molar-refractivity contribution in [2.75, 3.05) is 50.2 Å². The Labute approximate surface area is 318 Å². The maximum Gasteiger partial charge on any atom is 0.259 e. The number of fused-ring (bicyclic) bond motifs is 2. The molecule has 256 valence electrons. The Hall–Kier alpha value is -3.02. The average molecular weight is 924 g/mol. The smallest absolute Gasteiger partial charge is 0.259 e. The predicted molar refractivity (Wildman–Crippen MR) is 207 cm³/mol. The molecule has 0 spiro atoms. The van der Waals surface area contributed by atoms with Crippen molar-refractivity contribution in [3.8, 4) is 17.2 Å². The van der Waals surface area contributed by atoms with Crippen LogP contribution in [0.15, 0.2) is 63.0 Å². The first-order chi connectivity index (χ1) is 23.6. The second-order valence-electron chi connectivity index (χ2n) is 11.7. The second kappa shape index (κ2) is 15.5. The van der Waals surface area contributed by atoms with Crippen LogP contribution in [0.4, 0.5) is 10.8 Å². The number of phenols is 1. The molecular formula is C35H33Br2IN4O6S. The summed E-state index contributed by atoms with van der Waals surface area (Å²) in [6.45, 7) is 3.99. The van der Waals surface area contributed by atoms with Gasteiger partial charge in [0.05, 0.1) is 35.0 Å². The summed E-state index contributed by atoms with van der Waals surface area (Å²) in [5, 5.41) is 18.9. The van der Waals surface area contributed by atoms with E-state index < -0.39 is 5.54 Å². The molecule has 3 aromatic carbocycles. The van der Waals surface area contributed by atoms with Crippen molar-refractivity contribution in [3.05, 3.63) is 88.8 Å². The van der Waals surface area contributed by atoms with E-state index in [0.717, 1.165) is 44.5 Å². The maximum absolute atomic E-state index is 13.7. The van der Waals surface area contributed by atoms with Gasteiger partial charge in [-0.3, -0.25) is 9.59 Å². The number of phenolic OH excluding ortho intramolecular Hbond substituents is 1. The normalized spacial score (nSPS) is 17.6. The highest BCUT2D eigenvalue weighted by atomic mass is 127. The van der Waals surface area contributed by atoms with Gasteiger partial charge in [-0.25, -0.2) is 4.98 Å². The lowest BCUT2D eigenvalue weighted by Crippen LogP contribution is -2.47. The monoisotopic (exact) mass is 922 g/mol. The average Bonchev–Trinajstić information content (AvgIpc) is 3.66. The summed E-state index contributed by atoms with van der Waals surface area (Å²) in [7, 11) is 1.61. The Morgan fingerprint density at radius 2 is 1.96 bits per heavy atom. The van der Waals surface area contributed by atoms with Crippen LogP contribution in [0.3, 0.4) is 0 Å². The minimum atomic E-state index is -0.602. The lowest BCUT2D eigenvalue weighted by molar-refractivity contribution is -0.117. The number of carbonyl (C=O) groups excluding carboxylic acids is 2. The molecule has 14 heteroatoms. The third kappa shape index (κ3) is 7.99. The molecule has 49 heavy (non-hydrogen) atoms. The minimum absolute atomic E-state index is 0.102. The molecule has 10 nitrogen and oxygen atoms in total. The first-order valence-corrected chi connectivity index (χ1v) is 19.0. The SMILES string of the molecule is COc1cc2c(cc1OCCOCCN1C(=O)/C(=C\c3cc(Br)c(O)c(Br)c3)c3cc(I)ccc31)C(C)(CC(=O)Nc1nccs1)NCC2. The molecule has 0 fully saturated rings. The third-order valence-corrected chi connectivity index (χ3v) is 11.0. The van der Waals surface area contributed by atoms with Crippen LogP contribution < -0.4 is 25.0 Å². The van der Waals surface area contributed by atoms with Crippen molar-refractivity contribution in [1.29, 1.82) is 0 Å². The molecule has 0 bridgehead atoms. The fraction of sp³-hybridized carbons (Fsp3) is 0.286. The quantitative estimate of drug-likeness (QED) is 0.0767. The Morgan fingerprint density at radius 1 is 1.16 bits per heavy atom. The number of nitrogens with zero attached hydrogens (tertiary/aromatic N) is 2. The fourth-order valence-corrected chi connectivity index (χ4v) is 8.34. The standard InChI is InChI=1S/C35H33Br2IN4O6S/c1-35(19-31(43)41-34-39-7-12-49-34)25-18-30(29(46-2)16-21(25)5-6-40-35)48-11-10-47-9-8-42-28-4-3-22(38)17-23(28)24(33(42)45)13-20-14-26(36)32(44)27(37)15-20/h3-4,7,12-18,40,44H,5-6,8-11,19H2,1-2H3,(H,39,41,43)/b24-13-. The number of rotatable bonds is 12. The highest BCUT2D eigenvalue weighted by Gasteiger charge is 2.36. The van der Waals surface area contributed by atoms with Crippen LogP contribution in [0.25, 0.3) is 11.6 Å². The molecule has 2 aliphatic rings. The number of nitrogens with one attached hydrogen (secondary N) is 2. The number of thiazole rings is 1. The zero-order valence-corrected chi connectivity index (χ0v) is 32.8. The lowest BCUT2D eigenvalue weighted by atomic mass is 9.81. The Bertz CT molecular complexity index is 1900. The lowest BCUT2D eigenvalue weighted by Gasteiger charge is -2.37. The van der Waals surface area contributed by atoms with E-state index in [4.69, 9.17) is 14.2 Å². The molecule has 1 atom stereocenters. The van der Waals surface area contributed by atoms with Crippen molar-refractivity contribution < 1.29 is 28.9 Å². The Kier molecular flexibility index (Phi) is 11.3. The number of ether oxygens (including phenoxy) is 3. The second-order valence-corrected chi connectivity index (χ2v) is 15.6. The van der Waals surface area contributed by atoms with Gasteiger partial charge in [-0.1, -0.05) is 0 Å². The van der Waals surface area contributed by atoms with Crippen molar-refractivity contribution in [3.63, 3.8) is 0 Å². The molecule has 6 rings (SSSR count). The first kappa shape index (κ1) is 35.8. The Morgan fingerprint density at radius 3 is 2.69 bits per heavy atom. The Balaban J connectivity index is 1.08. The van der Waals surface area contributed by atoms with Crippen LogP contribution in [0.2, 0.25) is 0 Å². The zero-order chi connectivity index (χ0) is 34.7. The van der Waals surface area contributed by atoms with Gasteiger partial charge in [0.2, 0.25) is 5.91 Å². The number of carbonyl (C=O) groups is 2. The number of hydrogen-bond acceptors (Lipinski definition) is 9. The fourth-order valence-electron chi connectivity index (χ4n) is 6.09. The van der Waals surface area contributed by atoms with Gasteiger partial charge in [-0.05, 0) is 133 Å². The van der Waals surface area contributed by atoms with Crippen LogP contribution in [-0.4, -0.2) is 61.9 Å². The van der Waals surface area contributed by atoms with Crippen LogP contribution in [0.1, 0.15) is 35.6 Å². The largest absolute Gasteiger partial charge is 0.506 e. The van der Waals surface area contributed by atoms with E-state index in [1.165, 1.54) is 11.3 Å². The van der Waals surface area contributed by atoms with Gasteiger partial charge in [0.25, 0.3) is 5.91 Å². The van der Waals surface area contributed by atoms with E-state index >= 15 is 0 Å². The molecule has 3 N–H and O–H groups in total. The highest BCUT2D eigenvalue weighted by Crippen LogP contribution is 2.41. The number of hydrogen-bond donors (Lipinski definition) is 3. The van der Waals surface area contributed by atoms with Crippen LogP contribution in [-0.2, 0) is 26.3 Å². The van der Waals surface area contributed by atoms with Gasteiger partial charge in [0, 0.05) is 51.3 Å². The summed E-state index contributed by atoms with van der Waals surface area (Å²) in [6.07, 6.45) is 4.53. The summed E-state index contributed by atoms with van der Waals surface area (Å²) in [4.78, 5) is 32.5. The van der Waals surface area contributed by atoms with Gasteiger partial charge in [0.1, 0.15) is 12.4 Å². The van der Waals surface area contributed by atoms with Crippen LogP contribution in [0.5, 0.6) is 17.2 Å². The van der Waals surface area contributed by atoms with Crippen LogP contribution >= 0.6 is 65.8 Å². The maximum atomic E-state index is 13.7. The van der Waals surface area contributed by atoms with Crippen molar-refractivity contribution in [2.24, 2.45) is 0 Å². The van der Waals surface area contributed by atoms with Gasteiger partial charge < -0.3 is 34.9 Å². The summed E-state index contributed by atoms with van der Waals surface area (Å²) < 4.78 is 19.8. The molecule has 0 saturated carbocycles. The van der Waals surface area contributed by atoms with Gasteiger partial charge in [-0.2, -0.15) is 0 Å². The molecule has 0 radical (unpaired) electrons. The van der Waals surface area contributed by atoms with E-state index in [0.29, 0.717) is 50.9 Å². The molecule has 2 amide bonds. The van der Waals surface area contributed by atoms with E-state index in [1.807, 2.05) is 48.7 Å². The minimum Gasteiger partial charge on any atom is -0.506 e. The van der Waals surface area contributed by atoms with Gasteiger partial charge in [-0.15, -0.1) is 11.3 Å². The number of methoxy groups -OCH3 is 1. The number of aromatic hydroxyl groups is 1. The molecule has 0 aliphatic carbocycles. The number of halogens is 3. The molecule has 4 aromatic rings. The highest BCUT2D eigenvalue weighted by molar-refractivity contribution is 14.1. The van der Waals surface area contributed by atoms with E-state index in [2.05, 4.69) is 70.1 Å². The number of benzene rings is 3. The van der Waals surface area contributed by atoms with E-state index in [9.17, 15) is 14.7 Å². The number of amides is 2. The molecule has 0 saturated heterocycles. The van der Waals surface area contributed by atoms with Gasteiger partial charge >= 0.3 is 0 Å². The topological polar surface area (TPSA) is 122 Å². The van der Waals surface area contributed by atoms with Gasteiger partial charge in [0.15, 0.2) is 16.6 Å². The number of anilines is 2. The third-order valence-electron chi connectivity index (χ3n) is 8.40. The summed E-state index contributed by atoms with van der Waals surface area (Å²) in [5.41, 5.74) is 4.51. The number of aromatic nitrogens is 1.